The number of hydrogen-bond donors (Lipinski definition) is 1. The number of hydrogen-bond acceptors (Lipinski definition) is 3. The molecule has 0 aliphatic carbocycles. The van der Waals surface area contributed by atoms with Gasteiger partial charge < -0.3 is 0 Å². The van der Waals surface area contributed by atoms with E-state index in [4.69, 9.17) is 0 Å². The number of imidazole rings is 1. The van der Waals surface area contributed by atoms with Crippen LogP contribution in [0.1, 0.15) is 5.56 Å². The summed E-state index contributed by atoms with van der Waals surface area (Å²) in [6, 6.07) is 10.8. The second-order valence-corrected chi connectivity index (χ2v) is 7.52. The second kappa shape index (κ2) is 6.45. The van der Waals surface area contributed by atoms with Gasteiger partial charge in [-0.15, -0.1) is 0 Å². The first-order valence-electron chi connectivity index (χ1n) is 7.71. The summed E-state index contributed by atoms with van der Waals surface area (Å²) < 4.78 is 43.4. The maximum absolute atomic E-state index is 13.1. The van der Waals surface area contributed by atoms with Crippen molar-refractivity contribution in [2.75, 3.05) is 6.54 Å². The lowest BCUT2D eigenvalue weighted by Gasteiger charge is -2.10. The molecule has 3 aromatic rings. The van der Waals surface area contributed by atoms with Crippen molar-refractivity contribution in [1.82, 2.24) is 13.9 Å². The van der Waals surface area contributed by atoms with Gasteiger partial charge in [0.15, 0.2) is 0 Å². The summed E-state index contributed by atoms with van der Waals surface area (Å²) in [6.45, 7) is 1.78. The van der Waals surface area contributed by atoms with E-state index in [2.05, 4.69) is 4.72 Å². The number of sulfonamides is 1. The number of nitrogens with zero attached hydrogens (tertiary/aromatic N) is 2. The quantitative estimate of drug-likeness (QED) is 0.751. The van der Waals surface area contributed by atoms with E-state index >= 15 is 0 Å². The third kappa shape index (κ3) is 3.22. The number of nitrogens with one attached hydrogen (secondary N) is 1. The first kappa shape index (κ1) is 17.4. The van der Waals surface area contributed by atoms with Crippen molar-refractivity contribution < 1.29 is 12.8 Å². The highest BCUT2D eigenvalue weighted by Crippen LogP contribution is 2.16. The van der Waals surface area contributed by atoms with E-state index in [0.717, 1.165) is 17.1 Å². The lowest BCUT2D eigenvalue weighted by Crippen LogP contribution is -2.31. The minimum atomic E-state index is -3.78. The second-order valence-electron chi connectivity index (χ2n) is 5.79. The average molecular weight is 363 g/mol. The van der Waals surface area contributed by atoms with Crippen LogP contribution in [0.15, 0.2) is 52.2 Å². The van der Waals surface area contributed by atoms with E-state index in [1.54, 1.807) is 7.05 Å². The van der Waals surface area contributed by atoms with Crippen LogP contribution in [0.25, 0.3) is 11.0 Å². The normalized spacial score (nSPS) is 12.0. The Labute approximate surface area is 144 Å². The lowest BCUT2D eigenvalue weighted by atomic mass is 10.2. The van der Waals surface area contributed by atoms with Crippen molar-refractivity contribution in [3.8, 4) is 0 Å². The monoisotopic (exact) mass is 363 g/mol. The molecule has 0 bridgehead atoms. The molecule has 25 heavy (non-hydrogen) atoms. The van der Waals surface area contributed by atoms with E-state index in [0.29, 0.717) is 5.56 Å². The summed E-state index contributed by atoms with van der Waals surface area (Å²) in [6.07, 6.45) is 0. The van der Waals surface area contributed by atoms with Crippen LogP contribution in [-0.4, -0.2) is 24.1 Å². The molecule has 0 aliphatic heterocycles. The molecule has 1 heterocycles. The smallest absolute Gasteiger partial charge is 0.295 e. The van der Waals surface area contributed by atoms with Crippen molar-refractivity contribution >= 4 is 21.1 Å². The third-order valence-corrected chi connectivity index (χ3v) is 5.73. The predicted octanol–water partition coefficient (Wildman–Crippen LogP) is 1.77. The van der Waals surface area contributed by atoms with Crippen LogP contribution >= 0.6 is 0 Å². The first-order chi connectivity index (χ1) is 11.8. The van der Waals surface area contributed by atoms with Gasteiger partial charge in [0.05, 0.1) is 15.9 Å². The Morgan fingerprint density at radius 1 is 1.12 bits per heavy atom. The minimum absolute atomic E-state index is 0.0270. The average Bonchev–Trinajstić information content (AvgIpc) is 2.80. The van der Waals surface area contributed by atoms with E-state index in [-0.39, 0.29) is 23.7 Å². The Morgan fingerprint density at radius 2 is 1.80 bits per heavy atom. The molecule has 3 rings (SSSR count). The standard InChI is InChI=1S/C17H18FN3O3S/c1-12-11-13(18)7-8-16(12)25(23,24)19-9-10-21-15-6-4-3-5-14(15)20(2)17(21)22/h3-8,11,19H,9-10H2,1-2H3. The lowest BCUT2D eigenvalue weighted by molar-refractivity contribution is 0.569. The summed E-state index contributed by atoms with van der Waals surface area (Å²) >= 11 is 0. The van der Waals surface area contributed by atoms with Crippen LogP contribution in [0, 0.1) is 12.7 Å². The highest BCUT2D eigenvalue weighted by atomic mass is 32.2. The molecule has 1 aromatic heterocycles. The molecule has 8 heteroatoms. The van der Waals surface area contributed by atoms with Gasteiger partial charge in [0.2, 0.25) is 10.0 Å². The van der Waals surface area contributed by atoms with E-state index in [9.17, 15) is 17.6 Å². The molecule has 0 fully saturated rings. The topological polar surface area (TPSA) is 73.1 Å². The largest absolute Gasteiger partial charge is 0.328 e. The van der Waals surface area contributed by atoms with Gasteiger partial charge in [-0.3, -0.25) is 9.13 Å². The number of aromatic nitrogens is 2. The number of rotatable bonds is 5. The van der Waals surface area contributed by atoms with Gasteiger partial charge in [0.25, 0.3) is 0 Å². The summed E-state index contributed by atoms with van der Waals surface area (Å²) in [5, 5.41) is 0. The molecule has 1 N–H and O–H groups in total. The fourth-order valence-electron chi connectivity index (χ4n) is 2.86. The van der Waals surface area contributed by atoms with Gasteiger partial charge in [-0.2, -0.15) is 0 Å². The van der Waals surface area contributed by atoms with Crippen LogP contribution in [0.5, 0.6) is 0 Å². The molecular formula is C17H18FN3O3S. The van der Waals surface area contributed by atoms with Crippen LogP contribution < -0.4 is 10.4 Å². The molecule has 0 radical (unpaired) electrons. The molecule has 0 saturated carbocycles. The van der Waals surface area contributed by atoms with Gasteiger partial charge in [0, 0.05) is 20.1 Å². The maximum atomic E-state index is 13.1. The molecule has 0 aliphatic rings. The van der Waals surface area contributed by atoms with Crippen molar-refractivity contribution in [3.05, 3.63) is 64.3 Å². The SMILES string of the molecule is Cc1cc(F)ccc1S(=O)(=O)NCCn1c(=O)n(C)c2ccccc21. The van der Waals surface area contributed by atoms with E-state index in [1.807, 2.05) is 24.3 Å². The number of aryl methyl sites for hydroxylation is 2. The molecular weight excluding hydrogens is 345 g/mol. The van der Waals surface area contributed by atoms with Gasteiger partial charge in [-0.1, -0.05) is 12.1 Å². The van der Waals surface area contributed by atoms with Gasteiger partial charge in [-0.25, -0.2) is 22.3 Å². The fraction of sp³-hybridized carbons (Fsp3) is 0.235. The molecule has 0 atom stereocenters. The van der Waals surface area contributed by atoms with Crippen LogP contribution in [0.4, 0.5) is 4.39 Å². The number of fused-ring (bicyclic) bond motifs is 1. The van der Waals surface area contributed by atoms with Crippen LogP contribution in [0.2, 0.25) is 0 Å². The van der Waals surface area contributed by atoms with Crippen LogP contribution in [0.3, 0.4) is 0 Å². The number of para-hydroxylation sites is 2. The zero-order chi connectivity index (χ0) is 18.2. The predicted molar refractivity (Wildman–Crippen MR) is 93.5 cm³/mol. The Balaban J connectivity index is 1.81. The Hall–Kier alpha value is -2.45. The molecule has 0 spiro atoms. The summed E-state index contributed by atoms with van der Waals surface area (Å²) in [4.78, 5) is 12.3. The summed E-state index contributed by atoms with van der Waals surface area (Å²) in [5.74, 6) is -0.487. The highest BCUT2D eigenvalue weighted by Gasteiger charge is 2.17. The third-order valence-electron chi connectivity index (χ3n) is 4.11. The highest BCUT2D eigenvalue weighted by molar-refractivity contribution is 7.89. The Kier molecular flexibility index (Phi) is 4.49. The van der Waals surface area contributed by atoms with Crippen molar-refractivity contribution in [2.45, 2.75) is 18.4 Å². The maximum Gasteiger partial charge on any atom is 0.328 e. The van der Waals surface area contributed by atoms with Gasteiger partial charge in [0.1, 0.15) is 5.82 Å². The molecule has 0 unspecified atom stereocenters. The minimum Gasteiger partial charge on any atom is -0.295 e. The van der Waals surface area contributed by atoms with Gasteiger partial charge >= 0.3 is 5.69 Å². The van der Waals surface area contributed by atoms with E-state index < -0.39 is 15.8 Å². The zero-order valence-electron chi connectivity index (χ0n) is 13.9. The Morgan fingerprint density at radius 3 is 2.48 bits per heavy atom. The molecule has 0 saturated heterocycles. The zero-order valence-corrected chi connectivity index (χ0v) is 14.7. The summed E-state index contributed by atoms with van der Waals surface area (Å²) in [5.41, 5.74) is 1.64. The molecule has 0 amide bonds. The van der Waals surface area contributed by atoms with Gasteiger partial charge in [-0.05, 0) is 42.8 Å². The van der Waals surface area contributed by atoms with Crippen molar-refractivity contribution in [2.24, 2.45) is 7.05 Å². The Bertz CT molecular complexity index is 1100. The molecule has 2 aromatic carbocycles. The van der Waals surface area contributed by atoms with Crippen molar-refractivity contribution in [3.63, 3.8) is 0 Å². The number of benzene rings is 2. The van der Waals surface area contributed by atoms with Crippen molar-refractivity contribution in [1.29, 1.82) is 0 Å². The number of halogens is 1. The van der Waals surface area contributed by atoms with E-state index in [1.165, 1.54) is 28.2 Å². The van der Waals surface area contributed by atoms with Crippen LogP contribution in [-0.2, 0) is 23.6 Å². The summed E-state index contributed by atoms with van der Waals surface area (Å²) in [7, 11) is -2.10. The molecule has 132 valence electrons. The fourth-order valence-corrected chi connectivity index (χ4v) is 4.11. The molecule has 6 nitrogen and oxygen atoms in total. The first-order valence-corrected chi connectivity index (χ1v) is 9.19.